The summed E-state index contributed by atoms with van der Waals surface area (Å²) in [6.07, 6.45) is 0.449. The van der Waals surface area contributed by atoms with Gasteiger partial charge in [0, 0.05) is 29.5 Å². The Kier molecular flexibility index (Phi) is 5.42. The van der Waals surface area contributed by atoms with Crippen LogP contribution in [0.2, 0.25) is 0 Å². The summed E-state index contributed by atoms with van der Waals surface area (Å²) >= 11 is 0. The van der Waals surface area contributed by atoms with Crippen LogP contribution in [-0.4, -0.2) is 13.2 Å². The summed E-state index contributed by atoms with van der Waals surface area (Å²) in [5.74, 6) is 5.67. The topological polar surface area (TPSA) is 58.0 Å². The van der Waals surface area contributed by atoms with Gasteiger partial charge >= 0.3 is 0 Å². The number of benzene rings is 1. The minimum atomic E-state index is -0.379. The van der Waals surface area contributed by atoms with Crippen molar-refractivity contribution in [1.82, 2.24) is 0 Å². The standard InChI is InChI=1S/C12H12FN3O/c1-2-17-12-8-10(7-11(13)9-12)5-3-4-6-15-16-14/h7-9H,2,4,6H2,1H3. The second kappa shape index (κ2) is 7.15. The summed E-state index contributed by atoms with van der Waals surface area (Å²) in [7, 11) is 0. The molecule has 4 nitrogen and oxygen atoms in total. The predicted octanol–water partition coefficient (Wildman–Crippen LogP) is 3.28. The molecule has 5 heteroatoms. The molecule has 0 unspecified atom stereocenters. The number of rotatable bonds is 4. The molecule has 0 radical (unpaired) electrons. The zero-order valence-corrected chi connectivity index (χ0v) is 9.48. The average Bonchev–Trinajstić information content (AvgIpc) is 2.28. The Balaban J connectivity index is 2.72. The van der Waals surface area contributed by atoms with Crippen LogP contribution in [0.1, 0.15) is 18.9 Å². The van der Waals surface area contributed by atoms with Crippen LogP contribution in [0, 0.1) is 17.7 Å². The van der Waals surface area contributed by atoms with Crippen LogP contribution >= 0.6 is 0 Å². The van der Waals surface area contributed by atoms with Crippen LogP contribution in [0.4, 0.5) is 4.39 Å². The van der Waals surface area contributed by atoms with E-state index in [-0.39, 0.29) is 5.82 Å². The van der Waals surface area contributed by atoms with Gasteiger partial charge in [0.05, 0.1) is 6.61 Å². The van der Waals surface area contributed by atoms with Crippen molar-refractivity contribution in [3.8, 4) is 17.6 Å². The first kappa shape index (κ1) is 12.9. The predicted molar refractivity (Wildman–Crippen MR) is 63.1 cm³/mol. The van der Waals surface area contributed by atoms with E-state index in [1.807, 2.05) is 6.92 Å². The van der Waals surface area contributed by atoms with E-state index in [1.165, 1.54) is 12.1 Å². The molecule has 0 saturated carbocycles. The van der Waals surface area contributed by atoms with Gasteiger partial charge in [-0.1, -0.05) is 17.0 Å². The molecule has 0 N–H and O–H groups in total. The monoisotopic (exact) mass is 233 g/mol. The van der Waals surface area contributed by atoms with Gasteiger partial charge < -0.3 is 4.74 Å². The second-order valence-corrected chi connectivity index (χ2v) is 3.11. The van der Waals surface area contributed by atoms with Crippen LogP contribution in [0.5, 0.6) is 5.75 Å². The Bertz CT molecular complexity index is 484. The van der Waals surface area contributed by atoms with E-state index < -0.39 is 0 Å². The van der Waals surface area contributed by atoms with E-state index in [4.69, 9.17) is 10.3 Å². The number of azide groups is 1. The lowest BCUT2D eigenvalue weighted by molar-refractivity contribution is 0.338. The van der Waals surface area contributed by atoms with Gasteiger partial charge in [0.1, 0.15) is 11.6 Å². The SMILES string of the molecule is CCOc1cc(F)cc(C#CCCN=[N+]=[N-])c1. The van der Waals surface area contributed by atoms with Gasteiger partial charge in [-0.15, -0.1) is 0 Å². The smallest absolute Gasteiger partial charge is 0.128 e. The first-order valence-electron chi connectivity index (χ1n) is 5.19. The third-order valence-corrected chi connectivity index (χ3v) is 1.82. The molecule has 0 fully saturated rings. The lowest BCUT2D eigenvalue weighted by Gasteiger charge is -2.03. The normalized spacial score (nSPS) is 8.82. The Morgan fingerprint density at radius 1 is 1.47 bits per heavy atom. The van der Waals surface area contributed by atoms with E-state index in [0.29, 0.717) is 30.9 Å². The van der Waals surface area contributed by atoms with Crippen LogP contribution in [0.3, 0.4) is 0 Å². The maximum atomic E-state index is 13.2. The lowest BCUT2D eigenvalue weighted by atomic mass is 10.2. The van der Waals surface area contributed by atoms with Crippen LogP contribution in [-0.2, 0) is 0 Å². The van der Waals surface area contributed by atoms with Crippen molar-refractivity contribution < 1.29 is 9.13 Å². The number of hydrogen-bond acceptors (Lipinski definition) is 2. The second-order valence-electron chi connectivity index (χ2n) is 3.11. The van der Waals surface area contributed by atoms with Gasteiger partial charge in [-0.05, 0) is 24.6 Å². The summed E-state index contributed by atoms with van der Waals surface area (Å²) < 4.78 is 18.4. The van der Waals surface area contributed by atoms with Crippen molar-refractivity contribution in [2.45, 2.75) is 13.3 Å². The molecule has 0 saturated heterocycles. The molecule has 0 spiro atoms. The minimum Gasteiger partial charge on any atom is -0.494 e. The van der Waals surface area contributed by atoms with Crippen molar-refractivity contribution >= 4 is 0 Å². The van der Waals surface area contributed by atoms with Crippen LogP contribution < -0.4 is 4.74 Å². The molecule has 0 atom stereocenters. The number of ether oxygens (including phenoxy) is 1. The highest BCUT2D eigenvalue weighted by atomic mass is 19.1. The van der Waals surface area contributed by atoms with Crippen molar-refractivity contribution in [2.24, 2.45) is 5.11 Å². The summed E-state index contributed by atoms with van der Waals surface area (Å²) in [6, 6.07) is 4.32. The number of hydrogen-bond donors (Lipinski definition) is 0. The van der Waals surface area contributed by atoms with Crippen molar-refractivity contribution in [3.05, 3.63) is 40.0 Å². The highest BCUT2D eigenvalue weighted by molar-refractivity contribution is 5.40. The van der Waals surface area contributed by atoms with Gasteiger partial charge in [-0.3, -0.25) is 0 Å². The molecule has 1 rings (SSSR count). The summed E-state index contributed by atoms with van der Waals surface area (Å²) in [4.78, 5) is 2.61. The summed E-state index contributed by atoms with van der Waals surface area (Å²) in [5, 5.41) is 3.35. The van der Waals surface area contributed by atoms with Crippen molar-refractivity contribution in [3.63, 3.8) is 0 Å². The molecule has 1 aromatic carbocycles. The third kappa shape index (κ3) is 4.92. The molecule has 88 valence electrons. The number of nitrogens with zero attached hydrogens (tertiary/aromatic N) is 3. The van der Waals surface area contributed by atoms with Gasteiger partial charge in [-0.25, -0.2) is 4.39 Å². The largest absolute Gasteiger partial charge is 0.494 e. The van der Waals surface area contributed by atoms with E-state index in [2.05, 4.69) is 21.9 Å². The van der Waals surface area contributed by atoms with Crippen LogP contribution in [0.15, 0.2) is 23.3 Å². The lowest BCUT2D eigenvalue weighted by Crippen LogP contribution is -1.92. The molecule has 17 heavy (non-hydrogen) atoms. The Morgan fingerprint density at radius 3 is 3.00 bits per heavy atom. The Morgan fingerprint density at radius 2 is 2.29 bits per heavy atom. The molecule has 1 aromatic rings. The Hall–Kier alpha value is -2.18. The maximum Gasteiger partial charge on any atom is 0.128 e. The van der Waals surface area contributed by atoms with Crippen molar-refractivity contribution in [1.29, 1.82) is 0 Å². The highest BCUT2D eigenvalue weighted by Gasteiger charge is 1.98. The molecule has 0 aliphatic heterocycles. The average molecular weight is 233 g/mol. The quantitative estimate of drug-likeness (QED) is 0.259. The van der Waals surface area contributed by atoms with E-state index in [0.717, 1.165) is 0 Å². The first-order chi connectivity index (χ1) is 8.26. The van der Waals surface area contributed by atoms with Gasteiger partial charge in [0.2, 0.25) is 0 Å². The van der Waals surface area contributed by atoms with Crippen molar-refractivity contribution in [2.75, 3.05) is 13.2 Å². The molecule has 0 aromatic heterocycles. The molecule has 0 aliphatic rings. The van der Waals surface area contributed by atoms with Gasteiger partial charge in [-0.2, -0.15) is 0 Å². The fourth-order valence-electron chi connectivity index (χ4n) is 1.20. The van der Waals surface area contributed by atoms with Crippen LogP contribution in [0.25, 0.3) is 10.4 Å². The summed E-state index contributed by atoms with van der Waals surface area (Å²) in [5.41, 5.74) is 8.61. The zero-order valence-electron chi connectivity index (χ0n) is 9.48. The fraction of sp³-hybridized carbons (Fsp3) is 0.333. The first-order valence-corrected chi connectivity index (χ1v) is 5.19. The Labute approximate surface area is 99.0 Å². The number of halogens is 1. The fourth-order valence-corrected chi connectivity index (χ4v) is 1.20. The summed E-state index contributed by atoms with van der Waals surface area (Å²) in [6.45, 7) is 2.63. The molecule has 0 bridgehead atoms. The van der Waals surface area contributed by atoms with E-state index >= 15 is 0 Å². The molecule has 0 heterocycles. The van der Waals surface area contributed by atoms with E-state index in [1.54, 1.807) is 6.07 Å². The molecule has 0 amide bonds. The van der Waals surface area contributed by atoms with Gasteiger partial charge in [0.25, 0.3) is 0 Å². The minimum absolute atomic E-state index is 0.317. The zero-order chi connectivity index (χ0) is 12.5. The molecular weight excluding hydrogens is 221 g/mol. The third-order valence-electron chi connectivity index (χ3n) is 1.82. The van der Waals surface area contributed by atoms with E-state index in [9.17, 15) is 4.39 Å². The maximum absolute atomic E-state index is 13.2. The molecule has 0 aliphatic carbocycles. The highest BCUT2D eigenvalue weighted by Crippen LogP contribution is 2.15. The molecular formula is C12H12FN3O. The van der Waals surface area contributed by atoms with Gasteiger partial charge in [0.15, 0.2) is 0 Å².